The zero-order chi connectivity index (χ0) is 13.9. The maximum atomic E-state index is 9.75. The van der Waals surface area contributed by atoms with Crippen LogP contribution in [0.25, 0.3) is 5.57 Å². The highest BCUT2D eigenvalue weighted by atomic mass is 32.2. The van der Waals surface area contributed by atoms with Crippen molar-refractivity contribution in [3.63, 3.8) is 0 Å². The molecule has 100 valence electrons. The van der Waals surface area contributed by atoms with Gasteiger partial charge in [0.2, 0.25) is 0 Å². The normalized spacial score (nSPS) is 15.8. The zero-order valence-electron chi connectivity index (χ0n) is 10.6. The van der Waals surface area contributed by atoms with E-state index in [1.807, 2.05) is 6.07 Å². The molecule has 4 heteroatoms. The van der Waals surface area contributed by atoms with Gasteiger partial charge in [0.05, 0.1) is 0 Å². The predicted octanol–water partition coefficient (Wildman–Crippen LogP) is 3.27. The fourth-order valence-corrected chi connectivity index (χ4v) is 4.07. The number of benzene rings is 2. The average Bonchev–Trinajstić information content (AvgIpc) is 2.77. The van der Waals surface area contributed by atoms with Gasteiger partial charge in [-0.25, -0.2) is 0 Å². The summed E-state index contributed by atoms with van der Waals surface area (Å²) in [6.07, 6.45) is 0.811. The molecule has 1 aliphatic heterocycles. The van der Waals surface area contributed by atoms with E-state index in [1.165, 1.54) is 5.57 Å². The lowest BCUT2D eigenvalue weighted by Gasteiger charge is -2.19. The summed E-state index contributed by atoms with van der Waals surface area (Å²) in [6.45, 7) is 0. The SMILES string of the molecule is Oc1ccc2c(c1)SCC1=C2c2cc(O)c(O)cc2C1. The summed E-state index contributed by atoms with van der Waals surface area (Å²) in [7, 11) is 0. The van der Waals surface area contributed by atoms with E-state index in [2.05, 4.69) is 0 Å². The summed E-state index contributed by atoms with van der Waals surface area (Å²) in [5.74, 6) is 0.993. The Morgan fingerprint density at radius 1 is 0.900 bits per heavy atom. The minimum absolute atomic E-state index is 0.0674. The molecule has 0 spiro atoms. The van der Waals surface area contributed by atoms with Gasteiger partial charge in [0.25, 0.3) is 0 Å². The number of rotatable bonds is 0. The van der Waals surface area contributed by atoms with E-state index in [9.17, 15) is 15.3 Å². The van der Waals surface area contributed by atoms with Crippen LogP contribution in [0, 0.1) is 0 Å². The minimum atomic E-state index is -0.0870. The van der Waals surface area contributed by atoms with Crippen LogP contribution in [0.5, 0.6) is 17.2 Å². The maximum Gasteiger partial charge on any atom is 0.158 e. The molecule has 0 radical (unpaired) electrons. The third-order valence-electron chi connectivity index (χ3n) is 3.86. The molecule has 0 saturated heterocycles. The number of hydrogen-bond acceptors (Lipinski definition) is 4. The van der Waals surface area contributed by atoms with Crippen molar-refractivity contribution < 1.29 is 15.3 Å². The van der Waals surface area contributed by atoms with Crippen molar-refractivity contribution in [3.8, 4) is 17.2 Å². The minimum Gasteiger partial charge on any atom is -0.508 e. The molecular weight excluding hydrogens is 272 g/mol. The van der Waals surface area contributed by atoms with Crippen molar-refractivity contribution in [3.05, 3.63) is 52.6 Å². The largest absolute Gasteiger partial charge is 0.508 e. The van der Waals surface area contributed by atoms with Gasteiger partial charge < -0.3 is 15.3 Å². The molecule has 1 aliphatic carbocycles. The first-order valence-corrected chi connectivity index (χ1v) is 7.35. The number of hydrogen-bond donors (Lipinski definition) is 3. The Morgan fingerprint density at radius 3 is 2.55 bits per heavy atom. The van der Waals surface area contributed by atoms with Crippen LogP contribution in [-0.2, 0) is 6.42 Å². The van der Waals surface area contributed by atoms with Gasteiger partial charge in [0.15, 0.2) is 11.5 Å². The van der Waals surface area contributed by atoms with Crippen molar-refractivity contribution in [1.82, 2.24) is 0 Å². The smallest absolute Gasteiger partial charge is 0.158 e. The maximum absolute atomic E-state index is 9.75. The summed E-state index contributed by atoms with van der Waals surface area (Å²) >= 11 is 1.72. The second-order valence-corrected chi connectivity index (χ2v) is 6.14. The highest BCUT2D eigenvalue weighted by Crippen LogP contribution is 2.49. The van der Waals surface area contributed by atoms with Gasteiger partial charge in [-0.3, -0.25) is 0 Å². The van der Waals surface area contributed by atoms with E-state index in [0.29, 0.717) is 0 Å². The number of fused-ring (bicyclic) bond motifs is 4. The first-order chi connectivity index (χ1) is 9.63. The monoisotopic (exact) mass is 284 g/mol. The van der Waals surface area contributed by atoms with Crippen LogP contribution in [0.4, 0.5) is 0 Å². The molecule has 4 rings (SSSR count). The molecule has 2 aromatic rings. The average molecular weight is 284 g/mol. The molecule has 0 fully saturated rings. The molecule has 0 atom stereocenters. The Hall–Kier alpha value is -2.07. The highest BCUT2D eigenvalue weighted by Gasteiger charge is 2.29. The van der Waals surface area contributed by atoms with Crippen molar-refractivity contribution in [1.29, 1.82) is 0 Å². The van der Waals surface area contributed by atoms with Crippen molar-refractivity contribution in [2.45, 2.75) is 11.3 Å². The molecule has 3 nitrogen and oxygen atoms in total. The summed E-state index contributed by atoms with van der Waals surface area (Å²) in [5, 5.41) is 29.0. The molecule has 0 amide bonds. The Kier molecular flexibility index (Phi) is 2.32. The standard InChI is InChI=1S/C16H12O3S/c17-10-1-2-11-15(5-10)20-7-9-3-8-4-13(18)14(19)6-12(8)16(9)11/h1-2,4-6,17-19H,3,7H2. The van der Waals surface area contributed by atoms with E-state index in [0.717, 1.165) is 39.3 Å². The molecule has 0 aromatic heterocycles. The summed E-state index contributed by atoms with van der Waals surface area (Å²) in [4.78, 5) is 1.06. The summed E-state index contributed by atoms with van der Waals surface area (Å²) in [6, 6.07) is 8.67. The van der Waals surface area contributed by atoms with Crippen molar-refractivity contribution in [2.75, 3.05) is 5.75 Å². The molecule has 3 N–H and O–H groups in total. The summed E-state index contributed by atoms with van der Waals surface area (Å²) in [5.41, 5.74) is 5.59. The van der Waals surface area contributed by atoms with E-state index >= 15 is 0 Å². The Labute approximate surface area is 120 Å². The van der Waals surface area contributed by atoms with Gasteiger partial charge in [0, 0.05) is 10.6 Å². The van der Waals surface area contributed by atoms with Crippen LogP contribution in [-0.4, -0.2) is 21.1 Å². The van der Waals surface area contributed by atoms with Crippen molar-refractivity contribution in [2.24, 2.45) is 0 Å². The third-order valence-corrected chi connectivity index (χ3v) is 5.01. The molecule has 0 saturated carbocycles. The second-order valence-electron chi connectivity index (χ2n) is 5.12. The van der Waals surface area contributed by atoms with Gasteiger partial charge in [-0.15, -0.1) is 11.8 Å². The topological polar surface area (TPSA) is 60.7 Å². The number of thioether (sulfide) groups is 1. The van der Waals surface area contributed by atoms with Crippen molar-refractivity contribution >= 4 is 17.3 Å². The Bertz CT molecular complexity index is 778. The van der Waals surface area contributed by atoms with Crippen LogP contribution in [0.3, 0.4) is 0 Å². The molecule has 20 heavy (non-hydrogen) atoms. The molecule has 1 heterocycles. The van der Waals surface area contributed by atoms with Gasteiger partial charge in [-0.05, 0) is 64.6 Å². The van der Waals surface area contributed by atoms with Crippen LogP contribution < -0.4 is 0 Å². The third kappa shape index (κ3) is 1.55. The highest BCUT2D eigenvalue weighted by molar-refractivity contribution is 7.99. The second kappa shape index (κ2) is 3.96. The fraction of sp³-hybridized carbons (Fsp3) is 0.125. The summed E-state index contributed by atoms with van der Waals surface area (Å²) < 4.78 is 0. The number of phenolic OH excluding ortho intramolecular Hbond substituents is 3. The molecule has 2 aliphatic rings. The Balaban J connectivity index is 1.95. The molecular formula is C16H12O3S. The van der Waals surface area contributed by atoms with E-state index < -0.39 is 0 Å². The lowest BCUT2D eigenvalue weighted by atomic mass is 9.97. The number of phenols is 3. The molecule has 2 aromatic carbocycles. The number of aromatic hydroxyl groups is 3. The van der Waals surface area contributed by atoms with Gasteiger partial charge in [-0.2, -0.15) is 0 Å². The first-order valence-electron chi connectivity index (χ1n) is 6.37. The van der Waals surface area contributed by atoms with E-state index in [4.69, 9.17) is 0 Å². The van der Waals surface area contributed by atoms with Crippen LogP contribution in [0.1, 0.15) is 16.7 Å². The predicted molar refractivity (Wildman–Crippen MR) is 78.3 cm³/mol. The first kappa shape index (κ1) is 11.7. The Morgan fingerprint density at radius 2 is 1.70 bits per heavy atom. The van der Waals surface area contributed by atoms with Gasteiger partial charge in [-0.1, -0.05) is 0 Å². The van der Waals surface area contributed by atoms with Gasteiger partial charge >= 0.3 is 0 Å². The van der Waals surface area contributed by atoms with Crippen LogP contribution in [0.2, 0.25) is 0 Å². The molecule has 0 bridgehead atoms. The van der Waals surface area contributed by atoms with Crippen LogP contribution in [0.15, 0.2) is 40.8 Å². The molecule has 0 unspecified atom stereocenters. The quantitative estimate of drug-likeness (QED) is 0.650. The van der Waals surface area contributed by atoms with E-state index in [-0.39, 0.29) is 17.2 Å². The fourth-order valence-electron chi connectivity index (χ4n) is 2.97. The van der Waals surface area contributed by atoms with E-state index in [1.54, 1.807) is 36.0 Å². The lowest BCUT2D eigenvalue weighted by molar-refractivity contribution is 0.403. The lowest BCUT2D eigenvalue weighted by Crippen LogP contribution is -1.99. The zero-order valence-corrected chi connectivity index (χ0v) is 11.4. The van der Waals surface area contributed by atoms with Crippen LogP contribution >= 0.6 is 11.8 Å². The van der Waals surface area contributed by atoms with Gasteiger partial charge in [0.1, 0.15) is 5.75 Å².